The van der Waals surface area contributed by atoms with Crippen LogP contribution in [0.15, 0.2) is 60.7 Å². The topological polar surface area (TPSA) is 27.7 Å². The number of benzene rings is 2. The first-order chi connectivity index (χ1) is 16.0. The van der Waals surface area contributed by atoms with Gasteiger partial charge in [0, 0.05) is 13.2 Å². The molecule has 0 aromatic heterocycles. The highest BCUT2D eigenvalue weighted by Gasteiger charge is 2.50. The maximum absolute atomic E-state index is 7.22. The lowest BCUT2D eigenvalue weighted by Crippen LogP contribution is -2.67. The summed E-state index contributed by atoms with van der Waals surface area (Å²) in [6, 6.07) is 22.0. The summed E-state index contributed by atoms with van der Waals surface area (Å²) in [6.07, 6.45) is 8.46. The summed E-state index contributed by atoms with van der Waals surface area (Å²) >= 11 is 0. The first kappa shape index (κ1) is 24.7. The largest absolute Gasteiger partial charge is 0.407 e. The van der Waals surface area contributed by atoms with Crippen LogP contribution >= 0.6 is 0 Å². The van der Waals surface area contributed by atoms with Crippen molar-refractivity contribution in [2.75, 3.05) is 19.8 Å². The molecule has 1 heterocycles. The van der Waals surface area contributed by atoms with Crippen molar-refractivity contribution in [1.82, 2.24) is 0 Å². The van der Waals surface area contributed by atoms with Crippen LogP contribution in [0.4, 0.5) is 0 Å². The Kier molecular flexibility index (Phi) is 8.45. The molecule has 2 aromatic rings. The number of rotatable bonds is 8. The first-order valence-corrected chi connectivity index (χ1v) is 14.9. The van der Waals surface area contributed by atoms with Gasteiger partial charge in [0.15, 0.2) is 6.29 Å². The van der Waals surface area contributed by atoms with E-state index < -0.39 is 8.32 Å². The Balaban J connectivity index is 1.47. The molecule has 180 valence electrons. The fourth-order valence-corrected chi connectivity index (χ4v) is 10.4. The van der Waals surface area contributed by atoms with Crippen LogP contribution in [0.2, 0.25) is 5.04 Å². The van der Waals surface area contributed by atoms with E-state index in [1.807, 2.05) is 0 Å². The molecular formula is C29H42O3Si. The molecule has 0 amide bonds. The van der Waals surface area contributed by atoms with E-state index in [2.05, 4.69) is 81.4 Å². The molecule has 0 radical (unpaired) electrons. The molecule has 4 heteroatoms. The maximum atomic E-state index is 7.22. The third kappa shape index (κ3) is 5.97. The standard InChI is InChI=1S/C29H42O3Si/c1-29(2,3)33(26-15-6-4-7-16-26,27-17-8-5-9-18-27)32-23-25-14-12-13-24(21-25)22-31-28-19-10-11-20-30-28/h4-9,15-18,24-25,28H,10-14,19-23H2,1-3H3. The Labute approximate surface area is 202 Å². The molecule has 2 aliphatic rings. The van der Waals surface area contributed by atoms with Gasteiger partial charge >= 0.3 is 0 Å². The zero-order valence-corrected chi connectivity index (χ0v) is 21.8. The second-order valence-electron chi connectivity index (χ2n) is 11.0. The Bertz CT molecular complexity index is 787. The fourth-order valence-electron chi connectivity index (χ4n) is 5.80. The van der Waals surface area contributed by atoms with Crippen LogP contribution in [0.1, 0.15) is 65.7 Å². The maximum Gasteiger partial charge on any atom is 0.261 e. The summed E-state index contributed by atoms with van der Waals surface area (Å²) in [6.45, 7) is 9.61. The normalized spacial score (nSPS) is 24.5. The molecule has 3 nitrogen and oxygen atoms in total. The molecule has 3 atom stereocenters. The van der Waals surface area contributed by atoms with Crippen LogP contribution in [-0.2, 0) is 13.9 Å². The smallest absolute Gasteiger partial charge is 0.261 e. The average Bonchev–Trinajstić information content (AvgIpc) is 2.85. The summed E-state index contributed by atoms with van der Waals surface area (Å²) in [5.41, 5.74) is 0. The van der Waals surface area contributed by atoms with Gasteiger partial charge in [-0.3, -0.25) is 0 Å². The van der Waals surface area contributed by atoms with E-state index >= 15 is 0 Å². The van der Waals surface area contributed by atoms with Crippen LogP contribution in [0.3, 0.4) is 0 Å². The Morgan fingerprint density at radius 1 is 0.788 bits per heavy atom. The molecule has 1 saturated carbocycles. The van der Waals surface area contributed by atoms with Gasteiger partial charge < -0.3 is 13.9 Å². The van der Waals surface area contributed by atoms with Crippen molar-refractivity contribution in [2.24, 2.45) is 11.8 Å². The van der Waals surface area contributed by atoms with E-state index in [1.54, 1.807) is 0 Å². The molecule has 1 aliphatic carbocycles. The molecule has 2 aromatic carbocycles. The molecule has 2 fully saturated rings. The van der Waals surface area contributed by atoms with Gasteiger partial charge in [-0.15, -0.1) is 0 Å². The Morgan fingerprint density at radius 2 is 1.39 bits per heavy atom. The van der Waals surface area contributed by atoms with Gasteiger partial charge in [0.2, 0.25) is 0 Å². The second-order valence-corrected chi connectivity index (χ2v) is 15.3. The molecule has 0 N–H and O–H groups in total. The molecule has 1 aliphatic heterocycles. The lowest BCUT2D eigenvalue weighted by molar-refractivity contribution is -0.171. The van der Waals surface area contributed by atoms with E-state index in [9.17, 15) is 0 Å². The minimum absolute atomic E-state index is 0.0208. The molecule has 1 saturated heterocycles. The highest BCUT2D eigenvalue weighted by Crippen LogP contribution is 2.38. The van der Waals surface area contributed by atoms with Crippen molar-refractivity contribution >= 4 is 18.7 Å². The van der Waals surface area contributed by atoms with Crippen LogP contribution < -0.4 is 10.4 Å². The van der Waals surface area contributed by atoms with E-state index in [4.69, 9.17) is 13.9 Å². The van der Waals surface area contributed by atoms with Gasteiger partial charge in [-0.1, -0.05) is 87.9 Å². The molecular weight excluding hydrogens is 424 g/mol. The Morgan fingerprint density at radius 3 is 1.94 bits per heavy atom. The number of hydrogen-bond donors (Lipinski definition) is 0. The summed E-state index contributed by atoms with van der Waals surface area (Å²) < 4.78 is 19.2. The van der Waals surface area contributed by atoms with Crippen molar-refractivity contribution in [2.45, 2.75) is 77.0 Å². The van der Waals surface area contributed by atoms with Gasteiger partial charge in [-0.25, -0.2) is 0 Å². The summed E-state index contributed by atoms with van der Waals surface area (Å²) in [4.78, 5) is 0. The lowest BCUT2D eigenvalue weighted by atomic mass is 9.82. The van der Waals surface area contributed by atoms with Gasteiger partial charge in [-0.2, -0.15) is 0 Å². The highest BCUT2D eigenvalue weighted by atomic mass is 28.4. The monoisotopic (exact) mass is 466 g/mol. The Hall–Kier alpha value is -1.46. The van der Waals surface area contributed by atoms with Crippen LogP contribution in [0, 0.1) is 11.8 Å². The van der Waals surface area contributed by atoms with E-state index in [1.165, 1.54) is 48.9 Å². The third-order valence-electron chi connectivity index (χ3n) is 7.50. The molecule has 3 unspecified atom stereocenters. The average molecular weight is 467 g/mol. The summed E-state index contributed by atoms with van der Waals surface area (Å²) in [5, 5.41) is 2.77. The molecule has 0 bridgehead atoms. The van der Waals surface area contributed by atoms with Crippen LogP contribution in [0.5, 0.6) is 0 Å². The highest BCUT2D eigenvalue weighted by molar-refractivity contribution is 6.99. The lowest BCUT2D eigenvalue weighted by Gasteiger charge is -2.44. The van der Waals surface area contributed by atoms with Crippen molar-refractivity contribution in [1.29, 1.82) is 0 Å². The first-order valence-electron chi connectivity index (χ1n) is 13.0. The third-order valence-corrected chi connectivity index (χ3v) is 12.5. The van der Waals surface area contributed by atoms with Crippen molar-refractivity contribution in [3.63, 3.8) is 0 Å². The summed E-state index contributed by atoms with van der Waals surface area (Å²) in [5.74, 6) is 1.22. The minimum atomic E-state index is -2.45. The zero-order valence-electron chi connectivity index (χ0n) is 20.8. The quantitative estimate of drug-likeness (QED) is 0.453. The molecule has 4 rings (SSSR count). The van der Waals surface area contributed by atoms with E-state index in [0.29, 0.717) is 11.8 Å². The van der Waals surface area contributed by atoms with Crippen molar-refractivity contribution in [3.05, 3.63) is 60.7 Å². The fraction of sp³-hybridized carbons (Fsp3) is 0.586. The van der Waals surface area contributed by atoms with E-state index in [-0.39, 0.29) is 11.3 Å². The number of hydrogen-bond acceptors (Lipinski definition) is 3. The van der Waals surface area contributed by atoms with Crippen LogP contribution in [-0.4, -0.2) is 34.4 Å². The zero-order chi connectivity index (χ0) is 23.2. The van der Waals surface area contributed by atoms with Gasteiger partial charge in [0.1, 0.15) is 0 Å². The minimum Gasteiger partial charge on any atom is -0.407 e. The predicted molar refractivity (Wildman–Crippen MR) is 139 cm³/mol. The van der Waals surface area contributed by atoms with Gasteiger partial charge in [0.25, 0.3) is 8.32 Å². The molecule has 33 heavy (non-hydrogen) atoms. The summed E-state index contributed by atoms with van der Waals surface area (Å²) in [7, 11) is -2.45. The second kappa shape index (κ2) is 11.3. The van der Waals surface area contributed by atoms with Crippen LogP contribution in [0.25, 0.3) is 0 Å². The van der Waals surface area contributed by atoms with Gasteiger partial charge in [-0.05, 0) is 65.8 Å². The van der Waals surface area contributed by atoms with E-state index in [0.717, 1.165) is 26.2 Å². The van der Waals surface area contributed by atoms with Gasteiger partial charge in [0.05, 0.1) is 6.61 Å². The van der Waals surface area contributed by atoms with Crippen molar-refractivity contribution < 1.29 is 13.9 Å². The molecule has 0 spiro atoms. The number of ether oxygens (including phenoxy) is 2. The predicted octanol–water partition coefficient (Wildman–Crippen LogP) is 5.91. The van der Waals surface area contributed by atoms with Crippen molar-refractivity contribution in [3.8, 4) is 0 Å². The SMILES string of the molecule is CC(C)(C)[Si](OCC1CCCC(COC2CCCCO2)C1)(c1ccccc1)c1ccccc1.